The van der Waals surface area contributed by atoms with Gasteiger partial charge in [0.05, 0.1) is 25.1 Å². The van der Waals surface area contributed by atoms with E-state index in [1.807, 2.05) is 43.3 Å². The van der Waals surface area contributed by atoms with Crippen molar-refractivity contribution in [1.82, 2.24) is 5.43 Å². The van der Waals surface area contributed by atoms with Gasteiger partial charge >= 0.3 is 0 Å². The Morgan fingerprint density at radius 1 is 0.694 bits per heavy atom. The van der Waals surface area contributed by atoms with E-state index in [0.29, 0.717) is 12.4 Å². The Labute approximate surface area is 212 Å². The molecule has 4 aromatic carbocycles. The molecule has 4 aromatic rings. The molecule has 0 amide bonds. The number of hydrazone groups is 1. The van der Waals surface area contributed by atoms with E-state index in [9.17, 15) is 0 Å². The van der Waals surface area contributed by atoms with Crippen molar-refractivity contribution in [2.45, 2.75) is 20.3 Å². The van der Waals surface area contributed by atoms with Crippen LogP contribution < -0.4 is 14.9 Å². The summed E-state index contributed by atoms with van der Waals surface area (Å²) < 4.78 is 10.9. The third-order valence-electron chi connectivity index (χ3n) is 6.25. The second-order valence-corrected chi connectivity index (χ2v) is 8.50. The monoisotopic (exact) mass is 475 g/mol. The predicted molar refractivity (Wildman–Crippen MR) is 147 cm³/mol. The number of aryl methyl sites for hydroxylation is 1. The van der Waals surface area contributed by atoms with Gasteiger partial charge in [0.15, 0.2) is 5.84 Å². The summed E-state index contributed by atoms with van der Waals surface area (Å²) in [7, 11) is 1.68. The van der Waals surface area contributed by atoms with Crippen molar-refractivity contribution in [2.75, 3.05) is 13.7 Å². The molecule has 1 N–H and O–H groups in total. The molecule has 1 heterocycles. The first-order chi connectivity index (χ1) is 17.7. The van der Waals surface area contributed by atoms with Crippen LogP contribution in [0.5, 0.6) is 11.5 Å². The molecule has 0 spiro atoms. The topological polar surface area (TPSA) is 55.2 Å². The molecule has 0 bridgehead atoms. The smallest absolute Gasteiger partial charge is 0.154 e. The number of methoxy groups -OCH3 is 1. The lowest BCUT2D eigenvalue weighted by Crippen LogP contribution is -2.19. The predicted octanol–water partition coefficient (Wildman–Crippen LogP) is 6.76. The molecule has 0 radical (unpaired) electrons. The molecule has 1 aliphatic rings. The van der Waals surface area contributed by atoms with E-state index in [-0.39, 0.29) is 0 Å². The standard InChI is InChI=1S/C31H29N3O2/c1-4-21-6-19-29-28(20-21)30(33-34-31(32-29)25-13-17-27(18-14-25)36-5-2)24-9-7-22(8-10-24)23-11-15-26(35-3)16-12-23/h6-20H,4-5H2,1-3H3,(H,32,34). The maximum absolute atomic E-state index is 5.59. The number of hydrogen-bond donors (Lipinski definition) is 1. The number of hydrogen-bond acceptors (Lipinski definition) is 5. The fraction of sp³-hybridized carbons (Fsp3) is 0.161. The van der Waals surface area contributed by atoms with Gasteiger partial charge in [-0.1, -0.05) is 49.4 Å². The molecule has 0 aliphatic carbocycles. The molecule has 0 saturated heterocycles. The minimum atomic E-state index is 0.636. The maximum atomic E-state index is 5.59. The van der Waals surface area contributed by atoms with Crippen LogP contribution in [0.2, 0.25) is 0 Å². The summed E-state index contributed by atoms with van der Waals surface area (Å²) in [6, 6.07) is 30.9. The number of nitrogens with zero attached hydrogens (tertiary/aromatic N) is 2. The van der Waals surface area contributed by atoms with E-state index in [2.05, 4.69) is 66.9 Å². The van der Waals surface area contributed by atoms with Crippen LogP contribution in [0.4, 0.5) is 5.69 Å². The molecule has 0 aromatic heterocycles. The Morgan fingerprint density at radius 2 is 1.31 bits per heavy atom. The van der Waals surface area contributed by atoms with Gasteiger partial charge in [-0.3, -0.25) is 5.43 Å². The normalized spacial score (nSPS) is 12.5. The van der Waals surface area contributed by atoms with E-state index < -0.39 is 0 Å². The zero-order valence-corrected chi connectivity index (χ0v) is 20.8. The molecule has 0 atom stereocenters. The number of benzene rings is 4. The summed E-state index contributed by atoms with van der Waals surface area (Å²) in [6.07, 6.45) is 0.944. The van der Waals surface area contributed by atoms with E-state index >= 15 is 0 Å². The van der Waals surface area contributed by atoms with Crippen LogP contribution in [0.15, 0.2) is 101 Å². The molecular weight excluding hydrogens is 446 g/mol. The van der Waals surface area contributed by atoms with Crippen molar-refractivity contribution in [3.05, 3.63) is 113 Å². The fourth-order valence-corrected chi connectivity index (χ4v) is 4.23. The second kappa shape index (κ2) is 10.5. The molecule has 0 unspecified atom stereocenters. The minimum absolute atomic E-state index is 0.636. The number of ether oxygens (including phenoxy) is 2. The highest BCUT2D eigenvalue weighted by atomic mass is 16.5. The molecule has 0 saturated carbocycles. The zero-order valence-electron chi connectivity index (χ0n) is 20.8. The highest BCUT2D eigenvalue weighted by molar-refractivity contribution is 6.18. The van der Waals surface area contributed by atoms with E-state index in [1.165, 1.54) is 5.56 Å². The number of nitrogens with one attached hydrogen (secondary N) is 1. The first-order valence-electron chi connectivity index (χ1n) is 12.2. The van der Waals surface area contributed by atoms with Crippen LogP contribution in [-0.2, 0) is 6.42 Å². The highest BCUT2D eigenvalue weighted by Gasteiger charge is 2.18. The van der Waals surface area contributed by atoms with Gasteiger partial charge in [0.1, 0.15) is 11.5 Å². The van der Waals surface area contributed by atoms with Crippen molar-refractivity contribution < 1.29 is 9.47 Å². The first kappa shape index (κ1) is 23.4. The molecule has 5 heteroatoms. The van der Waals surface area contributed by atoms with Gasteiger partial charge in [0.25, 0.3) is 0 Å². The first-order valence-corrected chi connectivity index (χ1v) is 12.2. The molecule has 5 nitrogen and oxygen atoms in total. The number of rotatable bonds is 7. The SMILES string of the molecule is CCOc1ccc(C2=Nc3ccc(CC)cc3C(c3ccc(-c4ccc(OC)cc4)cc3)=NN2)cc1. The van der Waals surface area contributed by atoms with Crippen LogP contribution in [0.3, 0.4) is 0 Å². The van der Waals surface area contributed by atoms with Crippen LogP contribution >= 0.6 is 0 Å². The third-order valence-corrected chi connectivity index (χ3v) is 6.25. The van der Waals surface area contributed by atoms with Crippen molar-refractivity contribution in [3.8, 4) is 22.6 Å². The van der Waals surface area contributed by atoms with Crippen LogP contribution in [0.1, 0.15) is 36.1 Å². The Kier molecular flexibility index (Phi) is 6.80. The molecule has 1 aliphatic heterocycles. The Bertz CT molecular complexity index is 1400. The lowest BCUT2D eigenvalue weighted by molar-refractivity contribution is 0.340. The van der Waals surface area contributed by atoms with Gasteiger partial charge < -0.3 is 9.47 Å². The Morgan fingerprint density at radius 3 is 1.94 bits per heavy atom. The fourth-order valence-electron chi connectivity index (χ4n) is 4.23. The minimum Gasteiger partial charge on any atom is -0.497 e. The van der Waals surface area contributed by atoms with E-state index in [1.54, 1.807) is 7.11 Å². The van der Waals surface area contributed by atoms with Crippen LogP contribution in [0, 0.1) is 0 Å². The number of fused-ring (bicyclic) bond motifs is 1. The lowest BCUT2D eigenvalue weighted by Gasteiger charge is -2.11. The highest BCUT2D eigenvalue weighted by Crippen LogP contribution is 2.29. The van der Waals surface area contributed by atoms with Gasteiger partial charge in [0, 0.05) is 16.7 Å². The van der Waals surface area contributed by atoms with Gasteiger partial charge in [-0.25, -0.2) is 4.99 Å². The average molecular weight is 476 g/mol. The average Bonchev–Trinajstić information content (AvgIpc) is 3.13. The second-order valence-electron chi connectivity index (χ2n) is 8.50. The largest absolute Gasteiger partial charge is 0.497 e. The van der Waals surface area contributed by atoms with Crippen molar-refractivity contribution in [2.24, 2.45) is 10.1 Å². The maximum Gasteiger partial charge on any atom is 0.154 e. The Balaban J connectivity index is 1.51. The van der Waals surface area contributed by atoms with Gasteiger partial charge in [-0.05, 0) is 78.6 Å². The van der Waals surface area contributed by atoms with Gasteiger partial charge in [0.2, 0.25) is 0 Å². The van der Waals surface area contributed by atoms with Crippen molar-refractivity contribution >= 4 is 17.2 Å². The van der Waals surface area contributed by atoms with Crippen molar-refractivity contribution in [1.29, 1.82) is 0 Å². The van der Waals surface area contributed by atoms with Crippen LogP contribution in [-0.4, -0.2) is 25.3 Å². The molecular formula is C31H29N3O2. The van der Waals surface area contributed by atoms with Crippen LogP contribution in [0.25, 0.3) is 11.1 Å². The van der Waals surface area contributed by atoms with Gasteiger partial charge in [-0.2, -0.15) is 5.10 Å². The summed E-state index contributed by atoms with van der Waals surface area (Å²) in [5.41, 5.74) is 11.5. The summed E-state index contributed by atoms with van der Waals surface area (Å²) in [4.78, 5) is 4.96. The van der Waals surface area contributed by atoms with E-state index in [4.69, 9.17) is 19.6 Å². The molecule has 5 rings (SSSR count). The summed E-state index contributed by atoms with van der Waals surface area (Å²) in [6.45, 7) is 4.77. The summed E-state index contributed by atoms with van der Waals surface area (Å²) in [5, 5.41) is 4.84. The summed E-state index contributed by atoms with van der Waals surface area (Å²) in [5.74, 6) is 2.39. The third kappa shape index (κ3) is 4.86. The number of aliphatic imine (C=N–C) groups is 1. The molecule has 180 valence electrons. The quantitative estimate of drug-likeness (QED) is 0.321. The molecule has 36 heavy (non-hydrogen) atoms. The zero-order chi connectivity index (χ0) is 24.9. The molecule has 0 fully saturated rings. The lowest BCUT2D eigenvalue weighted by atomic mass is 9.96. The number of amidine groups is 1. The summed E-state index contributed by atoms with van der Waals surface area (Å²) >= 11 is 0. The Hall–Kier alpha value is -4.38. The van der Waals surface area contributed by atoms with Gasteiger partial charge in [-0.15, -0.1) is 0 Å². The van der Waals surface area contributed by atoms with E-state index in [0.717, 1.165) is 57.1 Å². The van der Waals surface area contributed by atoms with Crippen molar-refractivity contribution in [3.63, 3.8) is 0 Å².